The lowest BCUT2D eigenvalue weighted by Gasteiger charge is -2.27. The molecule has 1 fully saturated rings. The largest absolute Gasteiger partial charge is 0.363 e. The molecule has 0 radical (unpaired) electrons. The summed E-state index contributed by atoms with van der Waals surface area (Å²) in [4.78, 5) is 3.86. The third kappa shape index (κ3) is 3.00. The Morgan fingerprint density at radius 1 is 1.04 bits per heavy atom. The Bertz CT molecular complexity index is 708. The molecule has 7 heteroatoms. The predicted molar refractivity (Wildman–Crippen MR) is 74.5 cm³/mol. The summed E-state index contributed by atoms with van der Waals surface area (Å²) in [5.74, 6) is -6.76. The van der Waals surface area contributed by atoms with Crippen molar-refractivity contribution in [1.29, 1.82) is 0 Å². The van der Waals surface area contributed by atoms with Crippen molar-refractivity contribution in [3.63, 3.8) is 0 Å². The van der Waals surface area contributed by atoms with Gasteiger partial charge in [0.2, 0.25) is 11.6 Å². The molecule has 2 nitrogen and oxygen atoms in total. The molecule has 122 valence electrons. The van der Waals surface area contributed by atoms with Crippen molar-refractivity contribution in [3.8, 4) is 0 Å². The number of hydrogen-bond acceptors (Lipinski definition) is 2. The number of nitrogens with zero attached hydrogens (tertiary/aromatic N) is 2. The molecule has 1 saturated heterocycles. The highest BCUT2D eigenvalue weighted by Gasteiger charge is 2.32. The Morgan fingerprint density at radius 3 is 2.39 bits per heavy atom. The SMILES string of the molecule is Fc1cccc(CC2CCCN2c2c(F)c(F)nc(F)c2F)c1. The van der Waals surface area contributed by atoms with Crippen LogP contribution in [0.2, 0.25) is 0 Å². The van der Waals surface area contributed by atoms with Crippen LogP contribution in [0.3, 0.4) is 0 Å². The minimum Gasteiger partial charge on any atom is -0.363 e. The molecule has 0 aliphatic carbocycles. The zero-order valence-electron chi connectivity index (χ0n) is 12.0. The van der Waals surface area contributed by atoms with Gasteiger partial charge in [0, 0.05) is 12.6 Å². The van der Waals surface area contributed by atoms with E-state index in [1.54, 1.807) is 6.07 Å². The number of hydrogen-bond donors (Lipinski definition) is 0. The number of aromatic nitrogens is 1. The zero-order valence-corrected chi connectivity index (χ0v) is 12.0. The smallest absolute Gasteiger partial charge is 0.253 e. The van der Waals surface area contributed by atoms with Gasteiger partial charge in [-0.1, -0.05) is 12.1 Å². The van der Waals surface area contributed by atoms with E-state index in [1.807, 2.05) is 0 Å². The van der Waals surface area contributed by atoms with Gasteiger partial charge in [0.25, 0.3) is 11.9 Å². The number of pyridine rings is 1. The van der Waals surface area contributed by atoms with Crippen LogP contribution in [0, 0.1) is 29.3 Å². The van der Waals surface area contributed by atoms with Gasteiger partial charge in [-0.3, -0.25) is 0 Å². The van der Waals surface area contributed by atoms with Crippen molar-refractivity contribution in [1.82, 2.24) is 4.98 Å². The molecule has 1 aliphatic rings. The number of benzene rings is 1. The first-order chi connectivity index (χ1) is 11.0. The molecule has 0 N–H and O–H groups in total. The first kappa shape index (κ1) is 15.7. The fraction of sp³-hybridized carbons (Fsp3) is 0.312. The Labute approximate surface area is 129 Å². The van der Waals surface area contributed by atoms with Crippen molar-refractivity contribution in [2.75, 3.05) is 11.4 Å². The van der Waals surface area contributed by atoms with E-state index in [0.29, 0.717) is 24.8 Å². The van der Waals surface area contributed by atoms with Crippen LogP contribution < -0.4 is 4.90 Å². The first-order valence-electron chi connectivity index (χ1n) is 7.18. The maximum Gasteiger partial charge on any atom is 0.253 e. The number of anilines is 1. The van der Waals surface area contributed by atoms with E-state index >= 15 is 0 Å². The summed E-state index contributed by atoms with van der Waals surface area (Å²) in [6.07, 6.45) is 1.52. The summed E-state index contributed by atoms with van der Waals surface area (Å²) in [6, 6.07) is 5.48. The van der Waals surface area contributed by atoms with Crippen LogP contribution in [0.25, 0.3) is 0 Å². The third-order valence-electron chi connectivity index (χ3n) is 4.00. The minimum absolute atomic E-state index is 0.261. The molecule has 1 aromatic heterocycles. The minimum atomic E-state index is -1.67. The van der Waals surface area contributed by atoms with Crippen LogP contribution in [0.4, 0.5) is 27.6 Å². The first-order valence-corrected chi connectivity index (χ1v) is 7.18. The van der Waals surface area contributed by atoms with Crippen molar-refractivity contribution in [2.24, 2.45) is 0 Å². The molecule has 3 rings (SSSR count). The maximum absolute atomic E-state index is 13.9. The van der Waals surface area contributed by atoms with Crippen LogP contribution in [-0.2, 0) is 6.42 Å². The molecule has 1 unspecified atom stereocenters. The van der Waals surface area contributed by atoms with Crippen molar-refractivity contribution in [3.05, 3.63) is 59.2 Å². The highest BCUT2D eigenvalue weighted by molar-refractivity contribution is 5.50. The zero-order chi connectivity index (χ0) is 16.6. The average Bonchev–Trinajstić information content (AvgIpc) is 2.94. The lowest BCUT2D eigenvalue weighted by Crippen LogP contribution is -2.33. The summed E-state index contributed by atoms with van der Waals surface area (Å²) < 4.78 is 67.7. The van der Waals surface area contributed by atoms with Crippen LogP contribution in [0.15, 0.2) is 24.3 Å². The van der Waals surface area contributed by atoms with Crippen LogP contribution in [0.5, 0.6) is 0 Å². The van der Waals surface area contributed by atoms with Crippen LogP contribution >= 0.6 is 0 Å². The van der Waals surface area contributed by atoms with Crippen molar-refractivity contribution in [2.45, 2.75) is 25.3 Å². The van der Waals surface area contributed by atoms with E-state index in [1.165, 1.54) is 23.1 Å². The Balaban J connectivity index is 1.93. The van der Waals surface area contributed by atoms with E-state index in [9.17, 15) is 22.0 Å². The van der Waals surface area contributed by atoms with Crippen molar-refractivity contribution >= 4 is 5.69 Å². The van der Waals surface area contributed by atoms with Gasteiger partial charge in [0.15, 0.2) is 0 Å². The van der Waals surface area contributed by atoms with Gasteiger partial charge in [-0.15, -0.1) is 0 Å². The second-order valence-corrected chi connectivity index (χ2v) is 5.49. The number of halogens is 5. The Morgan fingerprint density at radius 2 is 1.74 bits per heavy atom. The van der Waals surface area contributed by atoms with E-state index in [-0.39, 0.29) is 12.6 Å². The van der Waals surface area contributed by atoms with Gasteiger partial charge < -0.3 is 4.90 Å². The summed E-state index contributed by atoms with van der Waals surface area (Å²) in [6.45, 7) is 0.261. The molecule has 2 heterocycles. The van der Waals surface area contributed by atoms with E-state index < -0.39 is 35.0 Å². The summed E-state index contributed by atoms with van der Waals surface area (Å²) >= 11 is 0. The van der Waals surface area contributed by atoms with E-state index in [2.05, 4.69) is 4.98 Å². The molecule has 2 aromatic rings. The van der Waals surface area contributed by atoms with Gasteiger partial charge in [-0.05, 0) is 37.0 Å². The molecule has 0 bridgehead atoms. The Hall–Kier alpha value is -2.18. The molecule has 1 aliphatic heterocycles. The second-order valence-electron chi connectivity index (χ2n) is 5.49. The van der Waals surface area contributed by atoms with E-state index in [4.69, 9.17) is 0 Å². The standard InChI is InChI=1S/C16H13F5N2/c17-10-4-1-3-9(7-10)8-11-5-2-6-23(11)14-12(18)15(20)22-16(21)13(14)19/h1,3-4,7,11H,2,5-6,8H2. The van der Waals surface area contributed by atoms with E-state index in [0.717, 1.165) is 0 Å². The molecule has 23 heavy (non-hydrogen) atoms. The average molecular weight is 328 g/mol. The summed E-state index contributed by atoms with van der Waals surface area (Å²) in [5, 5.41) is 0. The summed E-state index contributed by atoms with van der Waals surface area (Å²) in [7, 11) is 0. The fourth-order valence-electron chi connectivity index (χ4n) is 3.01. The van der Waals surface area contributed by atoms with Gasteiger partial charge in [-0.2, -0.15) is 22.5 Å². The topological polar surface area (TPSA) is 16.1 Å². The highest BCUT2D eigenvalue weighted by Crippen LogP contribution is 2.33. The van der Waals surface area contributed by atoms with Gasteiger partial charge >= 0.3 is 0 Å². The second kappa shape index (κ2) is 6.14. The molecular weight excluding hydrogens is 315 g/mol. The monoisotopic (exact) mass is 328 g/mol. The summed E-state index contributed by atoms with van der Waals surface area (Å²) in [5.41, 5.74) is -0.0911. The van der Waals surface area contributed by atoms with Crippen molar-refractivity contribution < 1.29 is 22.0 Å². The Kier molecular flexibility index (Phi) is 4.19. The van der Waals surface area contributed by atoms with Crippen LogP contribution in [0.1, 0.15) is 18.4 Å². The fourth-order valence-corrected chi connectivity index (χ4v) is 3.01. The van der Waals surface area contributed by atoms with Gasteiger partial charge in [0.05, 0.1) is 0 Å². The van der Waals surface area contributed by atoms with Gasteiger partial charge in [0.1, 0.15) is 11.5 Å². The molecule has 1 aromatic carbocycles. The van der Waals surface area contributed by atoms with Gasteiger partial charge in [-0.25, -0.2) is 4.39 Å². The lowest BCUT2D eigenvalue weighted by molar-refractivity contribution is 0.404. The highest BCUT2D eigenvalue weighted by atomic mass is 19.2. The lowest BCUT2D eigenvalue weighted by atomic mass is 10.0. The number of rotatable bonds is 3. The normalized spacial score (nSPS) is 17.8. The maximum atomic E-state index is 13.9. The molecule has 1 atom stereocenters. The third-order valence-corrected chi connectivity index (χ3v) is 4.00. The molecule has 0 spiro atoms. The predicted octanol–water partition coefficient (Wildman–Crippen LogP) is 3.99. The molecular formula is C16H13F5N2. The van der Waals surface area contributed by atoms with Crippen LogP contribution in [-0.4, -0.2) is 17.6 Å². The quantitative estimate of drug-likeness (QED) is 0.626. The molecule has 0 saturated carbocycles. The molecule has 0 amide bonds.